The molecule has 17 heavy (non-hydrogen) atoms. The molecule has 0 aliphatic rings. The van der Waals surface area contributed by atoms with Gasteiger partial charge >= 0.3 is 0 Å². The molecule has 0 aliphatic carbocycles. The lowest BCUT2D eigenvalue weighted by Crippen LogP contribution is -2.28. The number of rotatable bonds is 7. The predicted octanol–water partition coefficient (Wildman–Crippen LogP) is 2.05. The van der Waals surface area contributed by atoms with Crippen LogP contribution in [0.25, 0.3) is 0 Å². The zero-order valence-corrected chi connectivity index (χ0v) is 10.9. The average molecular weight is 237 g/mol. The maximum absolute atomic E-state index is 9.21. The summed E-state index contributed by atoms with van der Waals surface area (Å²) in [6, 6.07) is 8.02. The van der Waals surface area contributed by atoms with Crippen LogP contribution >= 0.6 is 0 Å². The van der Waals surface area contributed by atoms with E-state index < -0.39 is 0 Å². The molecule has 3 nitrogen and oxygen atoms in total. The maximum atomic E-state index is 9.21. The first-order chi connectivity index (χ1) is 8.17. The standard InChI is InChI=1S/C14H23NO2/c1-11(2)13(10-16)9-15-8-12-4-6-14(17-3)7-5-12/h4-7,11,13,15-16H,8-10H2,1-3H3. The van der Waals surface area contributed by atoms with Gasteiger partial charge in [-0.2, -0.15) is 0 Å². The van der Waals surface area contributed by atoms with Gasteiger partial charge in [0.25, 0.3) is 0 Å². The topological polar surface area (TPSA) is 41.5 Å². The molecule has 0 aromatic heterocycles. The first kappa shape index (κ1) is 14.0. The molecule has 0 aliphatic heterocycles. The summed E-state index contributed by atoms with van der Waals surface area (Å²) in [7, 11) is 1.67. The van der Waals surface area contributed by atoms with Crippen molar-refractivity contribution in [3.05, 3.63) is 29.8 Å². The fraction of sp³-hybridized carbons (Fsp3) is 0.571. The fourth-order valence-electron chi connectivity index (χ4n) is 1.66. The highest BCUT2D eigenvalue weighted by molar-refractivity contribution is 5.26. The van der Waals surface area contributed by atoms with E-state index in [1.165, 1.54) is 5.56 Å². The van der Waals surface area contributed by atoms with Crippen molar-refractivity contribution in [2.24, 2.45) is 11.8 Å². The molecule has 1 aromatic carbocycles. The Morgan fingerprint density at radius 2 is 1.88 bits per heavy atom. The number of hydrogen-bond acceptors (Lipinski definition) is 3. The summed E-state index contributed by atoms with van der Waals surface area (Å²) in [6.07, 6.45) is 0. The lowest BCUT2D eigenvalue weighted by atomic mass is 9.97. The molecule has 0 saturated heterocycles. The van der Waals surface area contributed by atoms with Crippen LogP contribution < -0.4 is 10.1 Å². The van der Waals surface area contributed by atoms with E-state index in [-0.39, 0.29) is 6.61 Å². The third-order valence-electron chi connectivity index (χ3n) is 3.07. The van der Waals surface area contributed by atoms with Gasteiger partial charge in [-0.15, -0.1) is 0 Å². The van der Waals surface area contributed by atoms with E-state index >= 15 is 0 Å². The average Bonchev–Trinajstić information content (AvgIpc) is 2.35. The van der Waals surface area contributed by atoms with Crippen molar-refractivity contribution in [2.75, 3.05) is 20.3 Å². The van der Waals surface area contributed by atoms with Gasteiger partial charge < -0.3 is 15.2 Å². The van der Waals surface area contributed by atoms with Gasteiger partial charge in [0.15, 0.2) is 0 Å². The van der Waals surface area contributed by atoms with Gasteiger partial charge in [-0.1, -0.05) is 26.0 Å². The molecule has 0 heterocycles. The van der Waals surface area contributed by atoms with Crippen molar-refractivity contribution in [3.63, 3.8) is 0 Å². The van der Waals surface area contributed by atoms with Gasteiger partial charge in [-0.3, -0.25) is 0 Å². The zero-order chi connectivity index (χ0) is 12.7. The number of hydrogen-bond donors (Lipinski definition) is 2. The largest absolute Gasteiger partial charge is 0.497 e. The molecule has 1 atom stereocenters. The van der Waals surface area contributed by atoms with E-state index in [1.807, 2.05) is 12.1 Å². The Morgan fingerprint density at radius 1 is 1.24 bits per heavy atom. The molecule has 1 unspecified atom stereocenters. The molecule has 2 N–H and O–H groups in total. The Kier molecular flexibility index (Phi) is 6.01. The molecule has 0 fully saturated rings. The number of ether oxygens (including phenoxy) is 1. The number of methoxy groups -OCH3 is 1. The van der Waals surface area contributed by atoms with Crippen molar-refractivity contribution in [2.45, 2.75) is 20.4 Å². The molecule has 0 saturated carbocycles. The zero-order valence-electron chi connectivity index (χ0n) is 10.9. The molecule has 0 spiro atoms. The molecule has 0 amide bonds. The molecule has 96 valence electrons. The van der Waals surface area contributed by atoms with Crippen LogP contribution in [0.3, 0.4) is 0 Å². The van der Waals surface area contributed by atoms with Crippen LogP contribution in [0.2, 0.25) is 0 Å². The molecule has 1 aromatic rings. The van der Waals surface area contributed by atoms with Gasteiger partial charge in [0.1, 0.15) is 5.75 Å². The van der Waals surface area contributed by atoms with Crippen LogP contribution in [0.5, 0.6) is 5.75 Å². The third-order valence-corrected chi connectivity index (χ3v) is 3.07. The lowest BCUT2D eigenvalue weighted by Gasteiger charge is -2.18. The van der Waals surface area contributed by atoms with Crippen molar-refractivity contribution in [3.8, 4) is 5.75 Å². The van der Waals surface area contributed by atoms with Gasteiger partial charge in [0, 0.05) is 19.7 Å². The summed E-state index contributed by atoms with van der Waals surface area (Å²) in [5.41, 5.74) is 1.23. The second kappa shape index (κ2) is 7.30. The van der Waals surface area contributed by atoms with E-state index in [1.54, 1.807) is 7.11 Å². The maximum Gasteiger partial charge on any atom is 0.118 e. The van der Waals surface area contributed by atoms with Crippen LogP contribution in [0, 0.1) is 11.8 Å². The summed E-state index contributed by atoms with van der Waals surface area (Å²) in [6.45, 7) is 6.19. The van der Waals surface area contributed by atoms with Crippen LogP contribution in [0.15, 0.2) is 24.3 Å². The minimum Gasteiger partial charge on any atom is -0.497 e. The first-order valence-electron chi connectivity index (χ1n) is 6.12. The minimum absolute atomic E-state index is 0.243. The Balaban J connectivity index is 2.34. The number of aliphatic hydroxyl groups is 1. The number of aliphatic hydroxyl groups excluding tert-OH is 1. The normalized spacial score (nSPS) is 12.8. The van der Waals surface area contributed by atoms with Gasteiger partial charge in [-0.25, -0.2) is 0 Å². The van der Waals surface area contributed by atoms with Crippen LogP contribution in [0.1, 0.15) is 19.4 Å². The van der Waals surface area contributed by atoms with Gasteiger partial charge in [0.2, 0.25) is 0 Å². The Bertz CT molecular complexity index is 309. The van der Waals surface area contributed by atoms with Crippen molar-refractivity contribution < 1.29 is 9.84 Å². The lowest BCUT2D eigenvalue weighted by molar-refractivity contribution is 0.186. The van der Waals surface area contributed by atoms with Gasteiger partial charge in [-0.05, 0) is 29.5 Å². The number of nitrogens with one attached hydrogen (secondary N) is 1. The highest BCUT2D eigenvalue weighted by Gasteiger charge is 2.10. The molecule has 0 radical (unpaired) electrons. The summed E-state index contributed by atoms with van der Waals surface area (Å²) in [5.74, 6) is 1.71. The van der Waals surface area contributed by atoms with E-state index in [2.05, 4.69) is 31.3 Å². The monoisotopic (exact) mass is 237 g/mol. The smallest absolute Gasteiger partial charge is 0.118 e. The van der Waals surface area contributed by atoms with E-state index in [0.717, 1.165) is 18.8 Å². The Morgan fingerprint density at radius 3 is 2.35 bits per heavy atom. The Labute approximate surface area is 104 Å². The summed E-state index contributed by atoms with van der Waals surface area (Å²) in [5, 5.41) is 12.6. The van der Waals surface area contributed by atoms with E-state index in [0.29, 0.717) is 11.8 Å². The van der Waals surface area contributed by atoms with Crippen LogP contribution in [0.4, 0.5) is 0 Å². The summed E-state index contributed by atoms with van der Waals surface area (Å²) < 4.78 is 5.11. The van der Waals surface area contributed by atoms with Gasteiger partial charge in [0.05, 0.1) is 7.11 Å². The SMILES string of the molecule is COc1ccc(CNCC(CO)C(C)C)cc1. The molecule has 3 heteroatoms. The molecule has 1 rings (SSSR count). The predicted molar refractivity (Wildman–Crippen MR) is 70.1 cm³/mol. The fourth-order valence-corrected chi connectivity index (χ4v) is 1.66. The highest BCUT2D eigenvalue weighted by Crippen LogP contribution is 2.12. The molecular weight excluding hydrogens is 214 g/mol. The summed E-state index contributed by atoms with van der Waals surface area (Å²) >= 11 is 0. The van der Waals surface area contributed by atoms with E-state index in [4.69, 9.17) is 4.74 Å². The van der Waals surface area contributed by atoms with Crippen molar-refractivity contribution >= 4 is 0 Å². The quantitative estimate of drug-likeness (QED) is 0.762. The second-order valence-corrected chi connectivity index (χ2v) is 4.67. The highest BCUT2D eigenvalue weighted by atomic mass is 16.5. The third kappa shape index (κ3) is 4.75. The number of benzene rings is 1. The summed E-state index contributed by atoms with van der Waals surface area (Å²) in [4.78, 5) is 0. The molecule has 0 bridgehead atoms. The van der Waals surface area contributed by atoms with Crippen molar-refractivity contribution in [1.82, 2.24) is 5.32 Å². The minimum atomic E-state index is 0.243. The molecular formula is C14H23NO2. The van der Waals surface area contributed by atoms with E-state index in [9.17, 15) is 5.11 Å². The second-order valence-electron chi connectivity index (χ2n) is 4.67. The first-order valence-corrected chi connectivity index (χ1v) is 6.12. The van der Waals surface area contributed by atoms with Crippen LogP contribution in [-0.2, 0) is 6.54 Å². The Hall–Kier alpha value is -1.06. The van der Waals surface area contributed by atoms with Crippen LogP contribution in [-0.4, -0.2) is 25.4 Å². The van der Waals surface area contributed by atoms with Crippen molar-refractivity contribution in [1.29, 1.82) is 0 Å².